The number of anilines is 6. The molecule has 0 unspecified atom stereocenters. The highest BCUT2D eigenvalue weighted by Crippen LogP contribution is 2.45. The van der Waals surface area contributed by atoms with Crippen LogP contribution < -0.4 is 19.3 Å². The predicted molar refractivity (Wildman–Crippen MR) is 318 cm³/mol. The summed E-state index contributed by atoms with van der Waals surface area (Å²) in [5.41, 5.74) is 19.9. The fourth-order valence-electron chi connectivity index (χ4n) is 11.4. The van der Waals surface area contributed by atoms with Gasteiger partial charge in [0.05, 0.1) is 36.3 Å². The first-order valence-electron chi connectivity index (χ1n) is 25.7. The lowest BCUT2D eigenvalue weighted by atomic mass is 10.0. The fourth-order valence-corrected chi connectivity index (χ4v) is 11.4. The van der Waals surface area contributed by atoms with Crippen LogP contribution in [0.15, 0.2) is 243 Å². The van der Waals surface area contributed by atoms with Crippen LogP contribution in [0.2, 0.25) is 0 Å². The Hall–Kier alpha value is -9.98. The molecule has 0 radical (unpaired) electrons. The molecule has 11 aromatic carbocycles. The first kappa shape index (κ1) is 44.7. The van der Waals surface area contributed by atoms with Crippen LogP contribution in [0.1, 0.15) is 5.56 Å². The lowest BCUT2D eigenvalue weighted by Gasteiger charge is -2.26. The molecule has 364 valence electrons. The van der Waals surface area contributed by atoms with Crippen molar-refractivity contribution in [2.45, 2.75) is 6.92 Å². The zero-order valence-corrected chi connectivity index (χ0v) is 42.3. The summed E-state index contributed by atoms with van der Waals surface area (Å²) in [6, 6.07) is 87.3. The molecule has 3 heterocycles. The van der Waals surface area contributed by atoms with Gasteiger partial charge in [0.1, 0.15) is 11.5 Å². The van der Waals surface area contributed by atoms with E-state index in [0.717, 1.165) is 106 Å². The average molecular weight is 982 g/mol. The van der Waals surface area contributed by atoms with Gasteiger partial charge in [0.15, 0.2) is 0 Å². The number of H-pyrrole nitrogens is 2. The summed E-state index contributed by atoms with van der Waals surface area (Å²) in [4.78, 5) is 12.1. The minimum absolute atomic E-state index is 0.803. The number of fused-ring (bicyclic) bond motifs is 9. The number of aromatic amines is 2. The Morgan fingerprint density at radius 3 is 1.14 bits per heavy atom. The van der Waals surface area contributed by atoms with Crippen LogP contribution in [0, 0.1) is 6.92 Å². The van der Waals surface area contributed by atoms with E-state index in [1.54, 1.807) is 14.2 Å². The van der Waals surface area contributed by atoms with E-state index in [1.165, 1.54) is 38.2 Å². The second-order valence-corrected chi connectivity index (χ2v) is 19.5. The lowest BCUT2D eigenvalue weighted by Crippen LogP contribution is -2.10. The maximum absolute atomic E-state index is 5.66. The molecule has 0 aliphatic heterocycles. The minimum atomic E-state index is 0.803. The molecular weight excluding hydrogens is 931 g/mol. The number of aromatic nitrogens is 3. The SMILES string of the molecule is COc1ccc(N(c2ccc(-c3cccc4c3[nH]c3ccccc34)cc2)c2ccc3c(c2)c2cc(N(c4ccc(OC)cc4)c4ccc(-c5cccc6c5[nH]c5ccccc56)cc4)ccc2n3-c2ccc(C)cc2)cc1. The van der Waals surface area contributed by atoms with Crippen LogP contribution in [0.4, 0.5) is 34.1 Å². The molecule has 0 amide bonds. The summed E-state index contributed by atoms with van der Waals surface area (Å²) < 4.78 is 13.7. The molecule has 76 heavy (non-hydrogen) atoms. The minimum Gasteiger partial charge on any atom is -0.497 e. The largest absolute Gasteiger partial charge is 0.497 e. The Kier molecular flexibility index (Phi) is 10.7. The number of para-hydroxylation sites is 4. The van der Waals surface area contributed by atoms with E-state index >= 15 is 0 Å². The summed E-state index contributed by atoms with van der Waals surface area (Å²) in [5, 5.41) is 7.16. The summed E-state index contributed by atoms with van der Waals surface area (Å²) in [7, 11) is 3.42. The van der Waals surface area contributed by atoms with Gasteiger partial charge in [-0.15, -0.1) is 0 Å². The molecular formula is C69H51N5O2. The number of benzene rings is 11. The van der Waals surface area contributed by atoms with Gasteiger partial charge in [0.2, 0.25) is 0 Å². The molecule has 0 atom stereocenters. The van der Waals surface area contributed by atoms with Crippen molar-refractivity contribution in [3.05, 3.63) is 248 Å². The predicted octanol–water partition coefficient (Wildman–Crippen LogP) is 18.7. The highest BCUT2D eigenvalue weighted by Gasteiger charge is 2.22. The number of nitrogens with one attached hydrogen (secondary N) is 2. The Morgan fingerprint density at radius 1 is 0.342 bits per heavy atom. The number of hydrogen-bond donors (Lipinski definition) is 2. The quantitative estimate of drug-likeness (QED) is 0.136. The van der Waals surface area contributed by atoms with Gasteiger partial charge in [-0.25, -0.2) is 0 Å². The molecule has 0 saturated heterocycles. The van der Waals surface area contributed by atoms with E-state index < -0.39 is 0 Å². The molecule has 3 aromatic heterocycles. The van der Waals surface area contributed by atoms with Crippen molar-refractivity contribution in [3.63, 3.8) is 0 Å². The van der Waals surface area contributed by atoms with Crippen molar-refractivity contribution in [2.75, 3.05) is 24.0 Å². The van der Waals surface area contributed by atoms with Crippen LogP contribution in [0.5, 0.6) is 11.5 Å². The molecule has 0 bridgehead atoms. The number of ether oxygens (including phenoxy) is 2. The Balaban J connectivity index is 0.921. The number of nitrogens with zero attached hydrogens (tertiary/aromatic N) is 3. The highest BCUT2D eigenvalue weighted by atomic mass is 16.5. The molecule has 0 saturated carbocycles. The molecule has 0 fully saturated rings. The maximum atomic E-state index is 5.66. The summed E-state index contributed by atoms with van der Waals surface area (Å²) in [5.74, 6) is 1.61. The van der Waals surface area contributed by atoms with Crippen LogP contribution in [0.25, 0.3) is 93.4 Å². The monoisotopic (exact) mass is 981 g/mol. The van der Waals surface area contributed by atoms with Crippen LogP contribution >= 0.6 is 0 Å². The highest BCUT2D eigenvalue weighted by molar-refractivity contribution is 6.14. The van der Waals surface area contributed by atoms with Gasteiger partial charge in [-0.3, -0.25) is 0 Å². The molecule has 0 spiro atoms. The molecule has 0 aliphatic carbocycles. The molecule has 14 aromatic rings. The van der Waals surface area contributed by atoms with Gasteiger partial charge in [0, 0.05) is 94.3 Å². The second kappa shape index (κ2) is 18.2. The Morgan fingerprint density at radius 2 is 0.724 bits per heavy atom. The van der Waals surface area contributed by atoms with Gasteiger partial charge in [-0.05, 0) is 152 Å². The number of hydrogen-bond acceptors (Lipinski definition) is 4. The average Bonchev–Trinajstić information content (AvgIpc) is 4.17. The van der Waals surface area contributed by atoms with Gasteiger partial charge >= 0.3 is 0 Å². The zero-order valence-electron chi connectivity index (χ0n) is 42.3. The Labute approximate surface area is 440 Å². The molecule has 14 rings (SSSR count). The van der Waals surface area contributed by atoms with Crippen molar-refractivity contribution >= 4 is 99.5 Å². The Bertz CT molecular complexity index is 4210. The van der Waals surface area contributed by atoms with Crippen molar-refractivity contribution in [3.8, 4) is 39.4 Å². The standard InChI is InChI=1S/C69H51N5O2/c1-44-18-24-51(25-19-44)74-66-40-34-52(72(49-30-36-54(75-2)37-31-49)47-26-20-45(21-27-47)56-12-8-14-60-58-10-4-6-16-64(58)70-68(56)60)42-62(66)63-43-53(35-41-67(63)74)73(50-32-38-55(76-3)39-33-50)48-28-22-46(23-29-48)57-13-9-15-61-59-11-5-7-17-65(59)71-69(57)61/h4-43,70-71H,1-3H3. The van der Waals surface area contributed by atoms with E-state index in [4.69, 9.17) is 9.47 Å². The van der Waals surface area contributed by atoms with Gasteiger partial charge in [-0.2, -0.15) is 0 Å². The third-order valence-corrected chi connectivity index (χ3v) is 15.2. The van der Waals surface area contributed by atoms with Crippen LogP contribution in [0.3, 0.4) is 0 Å². The number of methoxy groups -OCH3 is 2. The zero-order chi connectivity index (χ0) is 50.9. The molecule has 7 heteroatoms. The third kappa shape index (κ3) is 7.51. The maximum Gasteiger partial charge on any atom is 0.119 e. The van der Waals surface area contributed by atoms with Gasteiger partial charge < -0.3 is 33.8 Å². The van der Waals surface area contributed by atoms with Crippen LogP contribution in [-0.4, -0.2) is 28.8 Å². The first-order chi connectivity index (χ1) is 37.5. The normalized spacial score (nSPS) is 11.6. The van der Waals surface area contributed by atoms with E-state index in [-0.39, 0.29) is 0 Å². The summed E-state index contributed by atoms with van der Waals surface area (Å²) >= 11 is 0. The van der Waals surface area contributed by atoms with Gasteiger partial charge in [-0.1, -0.05) is 115 Å². The van der Waals surface area contributed by atoms with E-state index in [1.807, 2.05) is 24.3 Å². The summed E-state index contributed by atoms with van der Waals surface area (Å²) in [6.07, 6.45) is 0. The molecule has 7 nitrogen and oxygen atoms in total. The second-order valence-electron chi connectivity index (χ2n) is 19.5. The van der Waals surface area contributed by atoms with Crippen molar-refractivity contribution in [1.82, 2.24) is 14.5 Å². The summed E-state index contributed by atoms with van der Waals surface area (Å²) in [6.45, 7) is 2.14. The molecule has 2 N–H and O–H groups in total. The van der Waals surface area contributed by atoms with E-state index in [9.17, 15) is 0 Å². The van der Waals surface area contributed by atoms with Crippen molar-refractivity contribution in [1.29, 1.82) is 0 Å². The number of aryl methyl sites for hydroxylation is 1. The van der Waals surface area contributed by atoms with E-state index in [2.05, 4.69) is 250 Å². The van der Waals surface area contributed by atoms with E-state index in [0.29, 0.717) is 0 Å². The van der Waals surface area contributed by atoms with Gasteiger partial charge in [0.25, 0.3) is 0 Å². The smallest absolute Gasteiger partial charge is 0.119 e. The first-order valence-corrected chi connectivity index (χ1v) is 25.7. The fraction of sp³-hybridized carbons (Fsp3) is 0.0435. The van der Waals surface area contributed by atoms with Crippen LogP contribution in [-0.2, 0) is 0 Å². The number of rotatable bonds is 11. The molecule has 0 aliphatic rings. The van der Waals surface area contributed by atoms with Crippen molar-refractivity contribution in [2.24, 2.45) is 0 Å². The van der Waals surface area contributed by atoms with Crippen molar-refractivity contribution < 1.29 is 9.47 Å². The third-order valence-electron chi connectivity index (χ3n) is 15.2. The topological polar surface area (TPSA) is 61.5 Å². The lowest BCUT2D eigenvalue weighted by molar-refractivity contribution is 0.414.